The second-order valence-electron chi connectivity index (χ2n) is 10.3. The standard InChI is InChI=1S/C26H33N3O4S2/c1-16-17(2)35-24(27-16)28-21(30)18-11-13-26(14-12-18)29(22(31)19-9-7-6-8-10-19)20(15-34-26)23(32)33-25(3,4)5/h6-10,18,20H,11-15H2,1-5H3,(H,27,28,30)/t18?,20-,26?/m0/s1. The summed E-state index contributed by atoms with van der Waals surface area (Å²) in [6.45, 7) is 9.43. The average Bonchev–Trinajstić information content (AvgIpc) is 3.32. The molecule has 2 fully saturated rings. The first kappa shape index (κ1) is 25.7. The van der Waals surface area contributed by atoms with Crippen LogP contribution in [0, 0.1) is 19.8 Å². The van der Waals surface area contributed by atoms with Gasteiger partial charge in [-0.2, -0.15) is 0 Å². The van der Waals surface area contributed by atoms with Crippen LogP contribution in [0.4, 0.5) is 5.13 Å². The number of rotatable bonds is 4. The Bertz CT molecular complexity index is 1080. The summed E-state index contributed by atoms with van der Waals surface area (Å²) >= 11 is 3.13. The number of carbonyl (C=O) groups excluding carboxylic acids is 3. The summed E-state index contributed by atoms with van der Waals surface area (Å²) in [5.74, 6) is -0.230. The van der Waals surface area contributed by atoms with E-state index in [1.165, 1.54) is 11.3 Å². The molecule has 0 bridgehead atoms. The molecule has 1 spiro atoms. The highest BCUT2D eigenvalue weighted by molar-refractivity contribution is 8.01. The van der Waals surface area contributed by atoms with E-state index in [1.807, 2.05) is 52.8 Å². The molecule has 7 nitrogen and oxygen atoms in total. The quantitative estimate of drug-likeness (QED) is 0.564. The van der Waals surface area contributed by atoms with Crippen LogP contribution in [0.5, 0.6) is 0 Å². The van der Waals surface area contributed by atoms with E-state index in [-0.39, 0.29) is 23.7 Å². The lowest BCUT2D eigenvalue weighted by Gasteiger charge is -2.44. The molecule has 0 radical (unpaired) electrons. The zero-order valence-corrected chi connectivity index (χ0v) is 22.6. The summed E-state index contributed by atoms with van der Waals surface area (Å²) < 4.78 is 5.69. The Morgan fingerprint density at radius 1 is 1.11 bits per heavy atom. The summed E-state index contributed by atoms with van der Waals surface area (Å²) in [7, 11) is 0. The molecular formula is C26H33N3O4S2. The van der Waals surface area contributed by atoms with Crippen LogP contribution in [0.15, 0.2) is 30.3 Å². The third kappa shape index (κ3) is 5.56. The van der Waals surface area contributed by atoms with Crippen molar-refractivity contribution in [3.05, 3.63) is 46.5 Å². The van der Waals surface area contributed by atoms with Crippen LogP contribution in [-0.2, 0) is 14.3 Å². The zero-order chi connectivity index (χ0) is 25.4. The van der Waals surface area contributed by atoms with Crippen LogP contribution in [0.1, 0.15) is 67.4 Å². The van der Waals surface area contributed by atoms with Crippen LogP contribution >= 0.6 is 23.1 Å². The predicted octanol–water partition coefficient (Wildman–Crippen LogP) is 5.18. The molecule has 2 aromatic rings. The summed E-state index contributed by atoms with van der Waals surface area (Å²) in [6.07, 6.45) is 2.57. The number of esters is 1. The molecule has 2 heterocycles. The molecule has 1 aliphatic carbocycles. The number of benzene rings is 1. The molecule has 2 amide bonds. The third-order valence-electron chi connectivity index (χ3n) is 6.58. The highest BCUT2D eigenvalue weighted by Crippen LogP contribution is 2.51. The SMILES string of the molecule is Cc1nc(NC(=O)C2CCC3(CC2)SC[C@@H](C(=O)OC(C)(C)C)N3C(=O)c2ccccc2)sc1C. The minimum Gasteiger partial charge on any atom is -0.458 e. The number of aryl methyl sites for hydroxylation is 2. The van der Waals surface area contributed by atoms with Crippen LogP contribution in [0.3, 0.4) is 0 Å². The molecule has 35 heavy (non-hydrogen) atoms. The van der Waals surface area contributed by atoms with Gasteiger partial charge in [0, 0.05) is 22.1 Å². The minimum absolute atomic E-state index is 0.0266. The van der Waals surface area contributed by atoms with E-state index < -0.39 is 16.5 Å². The molecule has 1 aromatic heterocycles. The maximum Gasteiger partial charge on any atom is 0.330 e. The van der Waals surface area contributed by atoms with Gasteiger partial charge < -0.3 is 15.0 Å². The van der Waals surface area contributed by atoms with Gasteiger partial charge in [-0.15, -0.1) is 23.1 Å². The van der Waals surface area contributed by atoms with Gasteiger partial charge in [0.25, 0.3) is 5.91 Å². The fraction of sp³-hybridized carbons (Fsp3) is 0.538. The molecule has 1 aromatic carbocycles. The van der Waals surface area contributed by atoms with Gasteiger partial charge in [-0.25, -0.2) is 9.78 Å². The van der Waals surface area contributed by atoms with Crippen molar-refractivity contribution in [2.24, 2.45) is 5.92 Å². The summed E-state index contributed by atoms with van der Waals surface area (Å²) in [4.78, 5) is 46.5. The van der Waals surface area contributed by atoms with Gasteiger partial charge in [0.2, 0.25) is 5.91 Å². The molecule has 1 N–H and O–H groups in total. The number of ether oxygens (including phenoxy) is 1. The van der Waals surface area contributed by atoms with Crippen LogP contribution in [0.2, 0.25) is 0 Å². The normalized spacial score (nSPS) is 24.4. The Hall–Kier alpha value is -2.39. The smallest absolute Gasteiger partial charge is 0.330 e. The van der Waals surface area contributed by atoms with Gasteiger partial charge in [0.15, 0.2) is 5.13 Å². The van der Waals surface area contributed by atoms with Gasteiger partial charge in [-0.05, 0) is 72.4 Å². The van der Waals surface area contributed by atoms with Gasteiger partial charge >= 0.3 is 5.97 Å². The second-order valence-corrected chi connectivity index (χ2v) is 12.9. The van der Waals surface area contributed by atoms with Crippen molar-refractivity contribution in [3.63, 3.8) is 0 Å². The predicted molar refractivity (Wildman–Crippen MR) is 140 cm³/mol. The molecular weight excluding hydrogens is 482 g/mol. The first-order chi connectivity index (χ1) is 16.5. The average molecular weight is 516 g/mol. The van der Waals surface area contributed by atoms with Crippen molar-refractivity contribution in [2.75, 3.05) is 11.1 Å². The maximum atomic E-state index is 13.7. The van der Waals surface area contributed by atoms with Crippen LogP contribution in [0.25, 0.3) is 0 Å². The molecule has 1 saturated carbocycles. The molecule has 4 rings (SSSR count). The maximum absolute atomic E-state index is 13.7. The number of anilines is 1. The van der Waals surface area contributed by atoms with E-state index in [9.17, 15) is 14.4 Å². The highest BCUT2D eigenvalue weighted by atomic mass is 32.2. The first-order valence-corrected chi connectivity index (χ1v) is 13.8. The largest absolute Gasteiger partial charge is 0.458 e. The number of nitrogens with zero attached hydrogens (tertiary/aromatic N) is 2. The number of nitrogens with one attached hydrogen (secondary N) is 1. The van der Waals surface area contributed by atoms with Crippen molar-refractivity contribution in [1.29, 1.82) is 0 Å². The number of amides is 2. The van der Waals surface area contributed by atoms with Crippen molar-refractivity contribution in [2.45, 2.75) is 76.8 Å². The second kappa shape index (κ2) is 9.93. The van der Waals surface area contributed by atoms with E-state index in [2.05, 4.69) is 10.3 Å². The summed E-state index contributed by atoms with van der Waals surface area (Å²) in [6, 6.07) is 8.43. The molecule has 188 valence electrons. The van der Waals surface area contributed by atoms with Crippen molar-refractivity contribution >= 4 is 46.0 Å². The van der Waals surface area contributed by atoms with Crippen molar-refractivity contribution < 1.29 is 19.1 Å². The summed E-state index contributed by atoms with van der Waals surface area (Å²) in [5, 5.41) is 3.60. The Labute approximate surface area is 215 Å². The number of aromatic nitrogens is 1. The molecule has 0 unspecified atom stereocenters. The Morgan fingerprint density at radius 2 is 1.77 bits per heavy atom. The van der Waals surface area contributed by atoms with Gasteiger partial charge in [0.05, 0.1) is 10.6 Å². The number of carbonyl (C=O) groups is 3. The Balaban J connectivity index is 1.52. The molecule has 1 aliphatic heterocycles. The zero-order valence-electron chi connectivity index (χ0n) is 20.9. The molecule has 2 aliphatic rings. The summed E-state index contributed by atoms with van der Waals surface area (Å²) in [5.41, 5.74) is 0.845. The van der Waals surface area contributed by atoms with E-state index in [0.29, 0.717) is 42.1 Å². The number of thiazole rings is 1. The van der Waals surface area contributed by atoms with E-state index in [4.69, 9.17) is 4.74 Å². The lowest BCUT2D eigenvalue weighted by Crippen LogP contribution is -2.55. The monoisotopic (exact) mass is 515 g/mol. The van der Waals surface area contributed by atoms with E-state index in [1.54, 1.807) is 28.8 Å². The fourth-order valence-electron chi connectivity index (χ4n) is 4.70. The van der Waals surface area contributed by atoms with Gasteiger partial charge in [0.1, 0.15) is 11.6 Å². The number of hydrogen-bond donors (Lipinski definition) is 1. The third-order valence-corrected chi connectivity index (χ3v) is 9.19. The van der Waals surface area contributed by atoms with Gasteiger partial charge in [-0.1, -0.05) is 18.2 Å². The van der Waals surface area contributed by atoms with Gasteiger partial charge in [-0.3, -0.25) is 9.59 Å². The fourth-order valence-corrected chi connectivity index (χ4v) is 7.15. The minimum atomic E-state index is -0.654. The Kier molecular flexibility index (Phi) is 7.29. The van der Waals surface area contributed by atoms with E-state index >= 15 is 0 Å². The Morgan fingerprint density at radius 3 is 2.34 bits per heavy atom. The molecule has 9 heteroatoms. The van der Waals surface area contributed by atoms with Crippen molar-refractivity contribution in [1.82, 2.24) is 9.88 Å². The van der Waals surface area contributed by atoms with E-state index in [0.717, 1.165) is 10.6 Å². The highest BCUT2D eigenvalue weighted by Gasteiger charge is 2.54. The van der Waals surface area contributed by atoms with Crippen LogP contribution in [-0.4, -0.2) is 49.9 Å². The molecule has 1 atom stereocenters. The number of hydrogen-bond acceptors (Lipinski definition) is 7. The lowest BCUT2D eigenvalue weighted by molar-refractivity contribution is -0.160. The van der Waals surface area contributed by atoms with Crippen LogP contribution < -0.4 is 5.32 Å². The first-order valence-electron chi connectivity index (χ1n) is 12.0. The van der Waals surface area contributed by atoms with Crippen molar-refractivity contribution in [3.8, 4) is 0 Å². The number of thioether (sulfide) groups is 1. The topological polar surface area (TPSA) is 88.6 Å². The molecule has 1 saturated heterocycles. The lowest BCUT2D eigenvalue weighted by atomic mass is 9.83.